The Labute approximate surface area is 102 Å². The lowest BCUT2D eigenvalue weighted by Crippen LogP contribution is -2.12. The van der Waals surface area contributed by atoms with Crippen LogP contribution in [0.3, 0.4) is 0 Å². The topological polar surface area (TPSA) is 47.9 Å². The molecular formula is C11H19ClO4. The average molecular weight is 251 g/mol. The van der Waals surface area contributed by atoms with Gasteiger partial charge in [0.05, 0.1) is 19.3 Å². The van der Waals surface area contributed by atoms with Gasteiger partial charge in [-0.1, -0.05) is 11.8 Å². The smallest absolute Gasteiger partial charge is 0.148 e. The van der Waals surface area contributed by atoms with Gasteiger partial charge in [-0.15, -0.1) is 11.6 Å². The summed E-state index contributed by atoms with van der Waals surface area (Å²) in [5.41, 5.74) is 0. The number of alkyl halides is 1. The van der Waals surface area contributed by atoms with E-state index in [1.807, 2.05) is 6.92 Å². The fraction of sp³-hybridized carbons (Fsp3) is 0.818. The van der Waals surface area contributed by atoms with Crippen LogP contribution in [0.15, 0.2) is 0 Å². The maximum atomic E-state index is 9.13. The molecule has 1 unspecified atom stereocenters. The summed E-state index contributed by atoms with van der Waals surface area (Å²) in [6, 6.07) is 0. The Kier molecular flexibility index (Phi) is 11.0. The molecule has 4 nitrogen and oxygen atoms in total. The minimum absolute atomic E-state index is 0.192. The van der Waals surface area contributed by atoms with Crippen molar-refractivity contribution >= 4 is 11.6 Å². The molecule has 0 rings (SSSR count). The summed E-state index contributed by atoms with van der Waals surface area (Å²) in [4.78, 5) is 0. The summed E-state index contributed by atoms with van der Waals surface area (Å²) in [5, 5.41) is 9.13. The number of ether oxygens (including phenoxy) is 3. The Morgan fingerprint density at radius 3 is 2.75 bits per heavy atom. The lowest BCUT2D eigenvalue weighted by atomic mass is 10.3. The molecule has 0 aromatic rings. The summed E-state index contributed by atoms with van der Waals surface area (Å²) < 4.78 is 15.1. The maximum Gasteiger partial charge on any atom is 0.148 e. The van der Waals surface area contributed by atoms with Gasteiger partial charge >= 0.3 is 0 Å². The molecule has 0 radical (unpaired) electrons. The zero-order valence-electron chi connectivity index (χ0n) is 9.74. The van der Waals surface area contributed by atoms with Crippen molar-refractivity contribution in [1.29, 1.82) is 0 Å². The van der Waals surface area contributed by atoms with Crippen molar-refractivity contribution in [2.45, 2.75) is 25.6 Å². The second-order valence-electron chi connectivity index (χ2n) is 3.16. The van der Waals surface area contributed by atoms with Crippen LogP contribution in [0.1, 0.15) is 13.3 Å². The molecule has 0 spiro atoms. The molecule has 0 fully saturated rings. The standard InChI is InChI=1S/C11H19ClO4/c1-10(4-3-5-11(13)8-12)16-9-15-7-6-14-2/h10-11,13H,5-9H2,1-2H3/t10?,11-/m0/s1. The second-order valence-corrected chi connectivity index (χ2v) is 3.47. The molecule has 94 valence electrons. The molecule has 5 heteroatoms. The van der Waals surface area contributed by atoms with Crippen LogP contribution in [0.4, 0.5) is 0 Å². The fourth-order valence-electron chi connectivity index (χ4n) is 0.768. The summed E-state index contributed by atoms with van der Waals surface area (Å²) in [7, 11) is 1.61. The molecule has 0 aliphatic carbocycles. The minimum atomic E-state index is -0.570. The van der Waals surface area contributed by atoms with Gasteiger partial charge < -0.3 is 19.3 Å². The Bertz CT molecular complexity index is 212. The molecule has 16 heavy (non-hydrogen) atoms. The van der Waals surface area contributed by atoms with E-state index in [-0.39, 0.29) is 18.8 Å². The summed E-state index contributed by atoms with van der Waals surface area (Å²) >= 11 is 5.42. The van der Waals surface area contributed by atoms with Gasteiger partial charge in [-0.3, -0.25) is 0 Å². The molecule has 0 aromatic carbocycles. The molecule has 0 bridgehead atoms. The predicted octanol–water partition coefficient (Wildman–Crippen LogP) is 1.01. The van der Waals surface area contributed by atoms with Gasteiger partial charge in [-0.25, -0.2) is 0 Å². The van der Waals surface area contributed by atoms with Gasteiger partial charge in [0, 0.05) is 19.4 Å². The van der Waals surface area contributed by atoms with Crippen LogP contribution in [0.5, 0.6) is 0 Å². The molecule has 0 heterocycles. The van der Waals surface area contributed by atoms with E-state index >= 15 is 0 Å². The largest absolute Gasteiger partial charge is 0.391 e. The molecule has 0 amide bonds. The number of halogens is 1. The van der Waals surface area contributed by atoms with E-state index in [1.165, 1.54) is 0 Å². The van der Waals surface area contributed by atoms with E-state index in [1.54, 1.807) is 7.11 Å². The van der Waals surface area contributed by atoms with E-state index in [9.17, 15) is 0 Å². The van der Waals surface area contributed by atoms with Crippen LogP contribution in [0.2, 0.25) is 0 Å². The van der Waals surface area contributed by atoms with Crippen molar-refractivity contribution in [1.82, 2.24) is 0 Å². The highest BCUT2D eigenvalue weighted by molar-refractivity contribution is 6.18. The van der Waals surface area contributed by atoms with Gasteiger partial charge in [-0.05, 0) is 6.92 Å². The second kappa shape index (κ2) is 11.2. The van der Waals surface area contributed by atoms with Crippen molar-refractivity contribution in [3.05, 3.63) is 0 Å². The van der Waals surface area contributed by atoms with Crippen LogP contribution in [0.25, 0.3) is 0 Å². The van der Waals surface area contributed by atoms with E-state index in [0.29, 0.717) is 19.6 Å². The zero-order valence-corrected chi connectivity index (χ0v) is 10.5. The van der Waals surface area contributed by atoms with E-state index in [2.05, 4.69) is 11.8 Å². The van der Waals surface area contributed by atoms with Crippen molar-refractivity contribution in [3.63, 3.8) is 0 Å². The Hall–Kier alpha value is -0.310. The third kappa shape index (κ3) is 10.2. The molecule has 0 saturated heterocycles. The lowest BCUT2D eigenvalue weighted by molar-refractivity contribution is -0.0780. The van der Waals surface area contributed by atoms with Gasteiger partial charge in [0.2, 0.25) is 0 Å². The van der Waals surface area contributed by atoms with Crippen molar-refractivity contribution in [2.24, 2.45) is 0 Å². The number of aliphatic hydroxyl groups is 1. The first-order chi connectivity index (χ1) is 7.70. The average Bonchev–Trinajstić information content (AvgIpc) is 2.28. The maximum absolute atomic E-state index is 9.13. The molecule has 0 aliphatic rings. The van der Waals surface area contributed by atoms with E-state index < -0.39 is 6.10 Å². The fourth-order valence-corrected chi connectivity index (χ4v) is 0.877. The third-order valence-corrected chi connectivity index (χ3v) is 2.01. The van der Waals surface area contributed by atoms with Crippen LogP contribution in [0, 0.1) is 11.8 Å². The molecule has 1 N–H and O–H groups in total. The van der Waals surface area contributed by atoms with Crippen LogP contribution >= 0.6 is 11.6 Å². The Morgan fingerprint density at radius 2 is 2.12 bits per heavy atom. The van der Waals surface area contributed by atoms with E-state index in [4.69, 9.17) is 30.9 Å². The normalized spacial score (nSPS) is 14.0. The number of hydrogen-bond donors (Lipinski definition) is 1. The van der Waals surface area contributed by atoms with Crippen LogP contribution in [-0.2, 0) is 14.2 Å². The van der Waals surface area contributed by atoms with Crippen molar-refractivity contribution < 1.29 is 19.3 Å². The Balaban J connectivity index is 3.46. The molecule has 0 saturated carbocycles. The van der Waals surface area contributed by atoms with E-state index in [0.717, 1.165) is 0 Å². The first kappa shape index (κ1) is 15.7. The summed E-state index contributed by atoms with van der Waals surface area (Å²) in [6.45, 7) is 3.06. The van der Waals surface area contributed by atoms with Gasteiger partial charge in [0.15, 0.2) is 0 Å². The van der Waals surface area contributed by atoms with Crippen molar-refractivity contribution in [3.8, 4) is 11.8 Å². The highest BCUT2D eigenvalue weighted by atomic mass is 35.5. The van der Waals surface area contributed by atoms with Gasteiger partial charge in [-0.2, -0.15) is 0 Å². The SMILES string of the molecule is COCCOCOC(C)C#CC[C@H](O)CCl. The molecular weight excluding hydrogens is 232 g/mol. The first-order valence-electron chi connectivity index (χ1n) is 5.11. The molecule has 0 aliphatic heterocycles. The monoisotopic (exact) mass is 250 g/mol. The lowest BCUT2D eigenvalue weighted by Gasteiger charge is -2.07. The van der Waals surface area contributed by atoms with Gasteiger partial charge in [0.1, 0.15) is 12.9 Å². The molecule has 2 atom stereocenters. The predicted molar refractivity (Wildman–Crippen MR) is 62.4 cm³/mol. The summed E-state index contributed by atoms with van der Waals surface area (Å²) in [5.74, 6) is 5.83. The minimum Gasteiger partial charge on any atom is -0.391 e. The number of rotatable bonds is 8. The summed E-state index contributed by atoms with van der Waals surface area (Å²) in [6.07, 6.45) is -0.425. The van der Waals surface area contributed by atoms with Gasteiger partial charge in [0.25, 0.3) is 0 Å². The first-order valence-corrected chi connectivity index (χ1v) is 5.64. The Morgan fingerprint density at radius 1 is 1.38 bits per heavy atom. The zero-order chi connectivity index (χ0) is 12.2. The molecule has 0 aromatic heterocycles. The number of methoxy groups -OCH3 is 1. The van der Waals surface area contributed by atoms with Crippen molar-refractivity contribution in [2.75, 3.05) is 33.0 Å². The van der Waals surface area contributed by atoms with Crippen LogP contribution in [-0.4, -0.2) is 50.3 Å². The number of aliphatic hydroxyl groups excluding tert-OH is 1. The quantitative estimate of drug-likeness (QED) is 0.302. The number of hydrogen-bond acceptors (Lipinski definition) is 4. The third-order valence-electron chi connectivity index (χ3n) is 1.65. The van der Waals surface area contributed by atoms with Crippen LogP contribution < -0.4 is 0 Å². The highest BCUT2D eigenvalue weighted by Gasteiger charge is 1.99. The highest BCUT2D eigenvalue weighted by Crippen LogP contribution is 1.94.